The zero-order chi connectivity index (χ0) is 17.8. The quantitative estimate of drug-likeness (QED) is 0.866. The first-order valence-electron chi connectivity index (χ1n) is 7.86. The molecule has 0 radical (unpaired) electrons. The van der Waals surface area contributed by atoms with Crippen molar-refractivity contribution >= 4 is 23.2 Å². The van der Waals surface area contributed by atoms with Gasteiger partial charge in [-0.05, 0) is 30.7 Å². The third kappa shape index (κ3) is 3.45. The predicted molar refractivity (Wildman–Crippen MR) is 91.5 cm³/mol. The topological polar surface area (TPSA) is 101 Å². The van der Waals surface area contributed by atoms with Gasteiger partial charge in [-0.2, -0.15) is 0 Å². The van der Waals surface area contributed by atoms with Crippen molar-refractivity contribution in [2.24, 2.45) is 0 Å². The molecule has 1 aromatic carbocycles. The molecule has 0 fully saturated rings. The van der Waals surface area contributed by atoms with Crippen LogP contribution in [-0.4, -0.2) is 34.0 Å². The van der Waals surface area contributed by atoms with E-state index in [2.05, 4.69) is 20.6 Å². The van der Waals surface area contributed by atoms with E-state index in [1.807, 2.05) is 6.92 Å². The average Bonchev–Trinajstić information content (AvgIpc) is 2.64. The number of rotatable bonds is 5. The highest BCUT2D eigenvalue weighted by Crippen LogP contribution is 2.21. The molecule has 1 amide bonds. The molecule has 0 spiro atoms. The van der Waals surface area contributed by atoms with Gasteiger partial charge in [-0.1, -0.05) is 6.92 Å². The summed E-state index contributed by atoms with van der Waals surface area (Å²) < 4.78 is 0. The van der Waals surface area contributed by atoms with E-state index in [1.165, 1.54) is 18.6 Å². The first-order chi connectivity index (χ1) is 12.1. The second kappa shape index (κ2) is 7.04. The summed E-state index contributed by atoms with van der Waals surface area (Å²) in [6, 6.07) is 6.66. The average molecular weight is 336 g/mol. The van der Waals surface area contributed by atoms with Crippen LogP contribution in [0.5, 0.6) is 0 Å². The predicted octanol–water partition coefficient (Wildman–Crippen LogP) is 1.99. The van der Waals surface area contributed by atoms with E-state index in [4.69, 9.17) is 0 Å². The number of fused-ring (bicyclic) bond motifs is 1. The molecule has 0 unspecified atom stereocenters. The van der Waals surface area contributed by atoms with E-state index in [-0.39, 0.29) is 34.4 Å². The van der Waals surface area contributed by atoms with Gasteiger partial charge in [0.2, 0.25) is 11.6 Å². The van der Waals surface area contributed by atoms with Crippen LogP contribution in [0.2, 0.25) is 0 Å². The number of nitrogens with one attached hydrogen (secondary N) is 2. The summed E-state index contributed by atoms with van der Waals surface area (Å²) in [6.45, 7) is 2.59. The molecule has 2 aromatic rings. The summed E-state index contributed by atoms with van der Waals surface area (Å²) in [5, 5.41) is 5.70. The van der Waals surface area contributed by atoms with Gasteiger partial charge in [-0.3, -0.25) is 14.4 Å². The number of aromatic nitrogens is 2. The number of hydrogen-bond acceptors (Lipinski definition) is 6. The first kappa shape index (κ1) is 16.5. The second-order valence-electron chi connectivity index (χ2n) is 5.49. The van der Waals surface area contributed by atoms with Gasteiger partial charge in [0.15, 0.2) is 0 Å². The molecule has 3 rings (SSSR count). The molecule has 1 aromatic heterocycles. The molecule has 126 valence electrons. The Balaban J connectivity index is 1.76. The maximum atomic E-state index is 12.4. The van der Waals surface area contributed by atoms with E-state index in [9.17, 15) is 14.4 Å². The highest BCUT2D eigenvalue weighted by Gasteiger charge is 2.27. The Morgan fingerprint density at radius 2 is 1.92 bits per heavy atom. The highest BCUT2D eigenvalue weighted by molar-refractivity contribution is 6.24. The van der Waals surface area contributed by atoms with E-state index < -0.39 is 0 Å². The fraction of sp³-hybridized carbons (Fsp3) is 0.167. The Morgan fingerprint density at radius 3 is 2.64 bits per heavy atom. The van der Waals surface area contributed by atoms with Crippen molar-refractivity contribution < 1.29 is 14.4 Å². The Bertz CT molecular complexity index is 872. The minimum Gasteiger partial charge on any atom is -0.352 e. The number of carbonyl (C=O) groups excluding carboxylic acids is 3. The molecular weight excluding hydrogens is 320 g/mol. The van der Waals surface area contributed by atoms with E-state index in [0.717, 1.165) is 6.42 Å². The minimum atomic E-state index is -0.352. The molecular formula is C18H16N4O3. The largest absolute Gasteiger partial charge is 0.352 e. The highest BCUT2D eigenvalue weighted by atomic mass is 16.2. The number of anilines is 1. The second-order valence-corrected chi connectivity index (χ2v) is 5.49. The van der Waals surface area contributed by atoms with Crippen molar-refractivity contribution in [3.63, 3.8) is 0 Å². The van der Waals surface area contributed by atoms with Gasteiger partial charge >= 0.3 is 0 Å². The monoisotopic (exact) mass is 336 g/mol. The van der Waals surface area contributed by atoms with Crippen molar-refractivity contribution in [1.82, 2.24) is 15.3 Å². The fourth-order valence-electron chi connectivity index (χ4n) is 2.40. The standard InChI is InChI=1S/C18H16N4O3/c1-2-7-20-18(25)11-3-5-12(6-4-11)22-14-8-15(23)16-13(17(14)24)9-19-10-21-16/h3-6,8-10,22H,2,7H2,1H3,(H,20,25). The van der Waals surface area contributed by atoms with Crippen molar-refractivity contribution in [2.75, 3.05) is 11.9 Å². The molecule has 0 atom stereocenters. The van der Waals surface area contributed by atoms with Gasteiger partial charge in [0, 0.05) is 30.1 Å². The molecule has 2 N–H and O–H groups in total. The molecule has 25 heavy (non-hydrogen) atoms. The SMILES string of the molecule is CCCNC(=O)c1ccc(NC2=CC(=O)c3ncncc3C2=O)cc1. The molecule has 0 aliphatic heterocycles. The zero-order valence-electron chi connectivity index (χ0n) is 13.6. The van der Waals surface area contributed by atoms with E-state index >= 15 is 0 Å². The summed E-state index contributed by atoms with van der Waals surface area (Å²) in [7, 11) is 0. The summed E-state index contributed by atoms with van der Waals surface area (Å²) in [5.41, 5.74) is 1.55. The number of carbonyl (C=O) groups is 3. The molecule has 1 aliphatic rings. The lowest BCUT2D eigenvalue weighted by atomic mass is 9.98. The molecule has 1 aliphatic carbocycles. The van der Waals surface area contributed by atoms with Crippen LogP contribution in [-0.2, 0) is 0 Å². The molecule has 1 heterocycles. The molecule has 0 saturated heterocycles. The number of ketones is 2. The van der Waals surface area contributed by atoms with Crippen LogP contribution in [0.1, 0.15) is 44.5 Å². The minimum absolute atomic E-state index is 0.105. The molecule has 7 nitrogen and oxygen atoms in total. The smallest absolute Gasteiger partial charge is 0.251 e. The Kier molecular flexibility index (Phi) is 4.65. The maximum absolute atomic E-state index is 12.4. The Morgan fingerprint density at radius 1 is 1.16 bits per heavy atom. The van der Waals surface area contributed by atoms with Crippen molar-refractivity contribution in [3.8, 4) is 0 Å². The number of hydrogen-bond donors (Lipinski definition) is 2. The molecule has 0 saturated carbocycles. The Hall–Kier alpha value is -3.35. The number of allylic oxidation sites excluding steroid dienone is 2. The van der Waals surface area contributed by atoms with E-state index in [1.54, 1.807) is 24.3 Å². The van der Waals surface area contributed by atoms with Crippen LogP contribution >= 0.6 is 0 Å². The normalized spacial score (nSPS) is 13.1. The number of nitrogens with zero attached hydrogens (tertiary/aromatic N) is 2. The number of Topliss-reactive ketones (excluding diaryl/α,β-unsaturated/α-hetero) is 1. The van der Waals surface area contributed by atoms with Crippen LogP contribution in [0.15, 0.2) is 48.6 Å². The van der Waals surface area contributed by atoms with Crippen LogP contribution in [0, 0.1) is 0 Å². The molecule has 7 heteroatoms. The van der Waals surface area contributed by atoms with Gasteiger partial charge in [-0.15, -0.1) is 0 Å². The van der Waals surface area contributed by atoms with Crippen molar-refractivity contribution in [2.45, 2.75) is 13.3 Å². The molecule has 0 bridgehead atoms. The van der Waals surface area contributed by atoms with Crippen LogP contribution < -0.4 is 10.6 Å². The lowest BCUT2D eigenvalue weighted by Gasteiger charge is -2.15. The summed E-state index contributed by atoms with van der Waals surface area (Å²) >= 11 is 0. The van der Waals surface area contributed by atoms with Crippen LogP contribution in [0.25, 0.3) is 0 Å². The van der Waals surface area contributed by atoms with Gasteiger partial charge in [0.05, 0.1) is 11.3 Å². The third-order valence-corrected chi connectivity index (χ3v) is 3.67. The van der Waals surface area contributed by atoms with E-state index in [0.29, 0.717) is 17.8 Å². The van der Waals surface area contributed by atoms with Gasteiger partial charge in [0.1, 0.15) is 12.0 Å². The van der Waals surface area contributed by atoms with Gasteiger partial charge in [-0.25, -0.2) is 9.97 Å². The van der Waals surface area contributed by atoms with Gasteiger partial charge in [0.25, 0.3) is 5.91 Å². The lowest BCUT2D eigenvalue weighted by Crippen LogP contribution is -2.24. The Labute approximate surface area is 144 Å². The van der Waals surface area contributed by atoms with Crippen molar-refractivity contribution in [1.29, 1.82) is 0 Å². The van der Waals surface area contributed by atoms with Crippen molar-refractivity contribution in [3.05, 3.63) is 65.4 Å². The zero-order valence-corrected chi connectivity index (χ0v) is 13.6. The maximum Gasteiger partial charge on any atom is 0.251 e. The lowest BCUT2D eigenvalue weighted by molar-refractivity contribution is 0.0952. The third-order valence-electron chi connectivity index (χ3n) is 3.67. The first-order valence-corrected chi connectivity index (χ1v) is 7.86. The summed E-state index contributed by atoms with van der Waals surface area (Å²) in [4.78, 5) is 44.0. The van der Waals surface area contributed by atoms with Crippen LogP contribution in [0.4, 0.5) is 5.69 Å². The number of amides is 1. The number of benzene rings is 1. The summed E-state index contributed by atoms with van der Waals surface area (Å²) in [6.07, 6.45) is 4.65. The van der Waals surface area contributed by atoms with Crippen LogP contribution in [0.3, 0.4) is 0 Å². The fourth-order valence-corrected chi connectivity index (χ4v) is 2.40. The van der Waals surface area contributed by atoms with Gasteiger partial charge < -0.3 is 10.6 Å². The summed E-state index contributed by atoms with van der Waals surface area (Å²) in [5.74, 6) is -0.849.